The molecule has 1 aliphatic rings. The Morgan fingerprint density at radius 2 is 2.11 bits per heavy atom. The second-order valence-electron chi connectivity index (χ2n) is 7.35. The van der Waals surface area contributed by atoms with Crippen LogP contribution >= 0.6 is 0 Å². The summed E-state index contributed by atoms with van der Waals surface area (Å²) in [4.78, 5) is 43.6. The van der Waals surface area contributed by atoms with Crippen molar-refractivity contribution < 1.29 is 9.53 Å². The Morgan fingerprint density at radius 1 is 1.36 bits per heavy atom. The van der Waals surface area contributed by atoms with Crippen LogP contribution in [0.4, 0.5) is 11.5 Å². The van der Waals surface area contributed by atoms with Crippen LogP contribution < -0.4 is 21.9 Å². The van der Waals surface area contributed by atoms with Gasteiger partial charge in [-0.2, -0.15) is 0 Å². The van der Waals surface area contributed by atoms with Crippen molar-refractivity contribution in [3.05, 3.63) is 20.8 Å². The number of rotatable bonds is 9. The smallest absolute Gasteiger partial charge is 0.330 e. The largest absolute Gasteiger partial charge is 0.383 e. The summed E-state index contributed by atoms with van der Waals surface area (Å²) in [5.74, 6) is -0.193. The summed E-state index contributed by atoms with van der Waals surface area (Å²) in [6, 6.07) is 0.316. The van der Waals surface area contributed by atoms with Crippen LogP contribution in [-0.2, 0) is 16.1 Å². The molecule has 9 nitrogen and oxygen atoms in total. The Bertz CT molecular complexity index is 773. The number of aromatic nitrogens is 2. The fraction of sp³-hybridized carbons (Fsp3) is 0.737. The number of nitrogen functional groups attached to an aromatic ring is 1. The summed E-state index contributed by atoms with van der Waals surface area (Å²) in [5.41, 5.74) is 5.02. The number of anilines is 2. The summed E-state index contributed by atoms with van der Waals surface area (Å²) < 4.78 is 6.45. The molecule has 0 saturated carbocycles. The Kier molecular flexibility index (Phi) is 8.25. The second kappa shape index (κ2) is 10.4. The lowest BCUT2D eigenvalue weighted by Gasteiger charge is -2.34. The molecule has 0 aromatic carbocycles. The minimum Gasteiger partial charge on any atom is -0.383 e. The highest BCUT2D eigenvalue weighted by Gasteiger charge is 2.27. The van der Waals surface area contributed by atoms with Crippen LogP contribution in [0.1, 0.15) is 46.0 Å². The molecule has 1 aromatic heterocycles. The zero-order chi connectivity index (χ0) is 20.7. The highest BCUT2D eigenvalue weighted by atomic mass is 16.5. The first kappa shape index (κ1) is 22.2. The number of likely N-dealkylation sites (tertiary alicyclic amines) is 1. The van der Waals surface area contributed by atoms with Crippen LogP contribution in [0.25, 0.3) is 0 Å². The number of nitrogens with two attached hydrogens (primary N) is 1. The average Bonchev–Trinajstić information content (AvgIpc) is 2.65. The van der Waals surface area contributed by atoms with E-state index in [0.717, 1.165) is 38.6 Å². The number of carbonyl (C=O) groups is 1. The van der Waals surface area contributed by atoms with Gasteiger partial charge in [0.15, 0.2) is 5.69 Å². The summed E-state index contributed by atoms with van der Waals surface area (Å²) in [5, 5.41) is 0. The van der Waals surface area contributed by atoms with Crippen molar-refractivity contribution in [2.45, 2.75) is 58.5 Å². The third-order valence-electron chi connectivity index (χ3n) is 5.32. The van der Waals surface area contributed by atoms with Crippen LogP contribution in [0.5, 0.6) is 0 Å². The maximum absolute atomic E-state index is 13.1. The van der Waals surface area contributed by atoms with E-state index >= 15 is 0 Å². The van der Waals surface area contributed by atoms with Gasteiger partial charge >= 0.3 is 5.69 Å². The van der Waals surface area contributed by atoms with Crippen LogP contribution in [0.15, 0.2) is 9.59 Å². The quantitative estimate of drug-likeness (QED) is 0.638. The first-order chi connectivity index (χ1) is 13.4. The number of ether oxygens (including phenoxy) is 1. The number of aromatic amines is 1. The molecule has 1 atom stereocenters. The summed E-state index contributed by atoms with van der Waals surface area (Å²) in [7, 11) is 1.53. The van der Waals surface area contributed by atoms with E-state index in [1.165, 1.54) is 16.6 Å². The molecule has 0 aliphatic carbocycles. The van der Waals surface area contributed by atoms with Gasteiger partial charge in [0.25, 0.3) is 5.56 Å². The lowest BCUT2D eigenvalue weighted by molar-refractivity contribution is -0.120. The highest BCUT2D eigenvalue weighted by Crippen LogP contribution is 2.20. The molecule has 2 rings (SSSR count). The van der Waals surface area contributed by atoms with Gasteiger partial charge < -0.3 is 15.4 Å². The second-order valence-corrected chi connectivity index (χ2v) is 7.35. The van der Waals surface area contributed by atoms with Crippen molar-refractivity contribution in [3.63, 3.8) is 0 Å². The highest BCUT2D eigenvalue weighted by molar-refractivity contribution is 5.96. The molecule has 0 spiro atoms. The lowest BCUT2D eigenvalue weighted by Crippen LogP contribution is -2.49. The minimum absolute atomic E-state index is 0.0262. The molecule has 1 aliphatic heterocycles. The van der Waals surface area contributed by atoms with E-state index in [1.54, 1.807) is 0 Å². The zero-order valence-corrected chi connectivity index (χ0v) is 17.2. The van der Waals surface area contributed by atoms with E-state index in [4.69, 9.17) is 10.5 Å². The van der Waals surface area contributed by atoms with E-state index in [-0.39, 0.29) is 37.1 Å². The molecule has 1 amide bonds. The van der Waals surface area contributed by atoms with Gasteiger partial charge in [-0.3, -0.25) is 24.0 Å². The minimum atomic E-state index is -0.647. The SMILES string of the molecule is CCCCn1c(N)c(N(CCOC)C(=O)CN2CCCC[C@H]2C)c(=O)[nH]c1=O. The molecular formula is C19H33N5O4. The normalized spacial score (nSPS) is 17.6. The predicted molar refractivity (Wildman–Crippen MR) is 110 cm³/mol. The van der Waals surface area contributed by atoms with Crippen LogP contribution in [0, 0.1) is 0 Å². The van der Waals surface area contributed by atoms with Gasteiger partial charge in [0.05, 0.1) is 13.2 Å². The molecule has 2 heterocycles. The maximum atomic E-state index is 13.1. The molecule has 28 heavy (non-hydrogen) atoms. The number of hydrogen-bond donors (Lipinski definition) is 2. The van der Waals surface area contributed by atoms with Crippen LogP contribution in [0.3, 0.4) is 0 Å². The lowest BCUT2D eigenvalue weighted by atomic mass is 10.0. The van der Waals surface area contributed by atoms with Gasteiger partial charge in [-0.25, -0.2) is 4.79 Å². The summed E-state index contributed by atoms with van der Waals surface area (Å²) in [6.07, 6.45) is 4.89. The molecule has 1 fully saturated rings. The van der Waals surface area contributed by atoms with Crippen LogP contribution in [0.2, 0.25) is 0 Å². The molecule has 3 N–H and O–H groups in total. The Balaban J connectivity index is 2.37. The first-order valence-corrected chi connectivity index (χ1v) is 10.1. The number of nitrogens with one attached hydrogen (secondary N) is 1. The van der Waals surface area contributed by atoms with Crippen molar-refractivity contribution in [3.8, 4) is 0 Å². The van der Waals surface area contributed by atoms with Gasteiger partial charge in [-0.15, -0.1) is 0 Å². The molecule has 0 unspecified atom stereocenters. The van der Waals surface area contributed by atoms with Gasteiger partial charge in [0, 0.05) is 26.2 Å². The van der Waals surface area contributed by atoms with Gasteiger partial charge in [-0.05, 0) is 32.7 Å². The summed E-state index contributed by atoms with van der Waals surface area (Å²) >= 11 is 0. The number of amides is 1. The molecular weight excluding hydrogens is 362 g/mol. The molecule has 0 radical (unpaired) electrons. The first-order valence-electron chi connectivity index (χ1n) is 10.1. The third-order valence-corrected chi connectivity index (χ3v) is 5.32. The third kappa shape index (κ3) is 5.23. The van der Waals surface area contributed by atoms with Gasteiger partial charge in [-0.1, -0.05) is 19.8 Å². The standard InChI is InChI=1S/C19H33N5O4/c1-4-5-10-24-17(20)16(18(26)21-19(24)27)23(11-12-28-3)15(25)13-22-9-7-6-8-14(22)2/h14H,4-13,20H2,1-3H3,(H,21,26,27)/t14-/m1/s1. The van der Waals surface area contributed by atoms with Crippen molar-refractivity contribution in [2.24, 2.45) is 0 Å². The molecule has 9 heteroatoms. The fourth-order valence-electron chi connectivity index (χ4n) is 3.57. The van der Waals surface area contributed by atoms with E-state index in [2.05, 4.69) is 16.8 Å². The number of carbonyl (C=O) groups excluding carboxylic acids is 1. The average molecular weight is 396 g/mol. The van der Waals surface area contributed by atoms with Gasteiger partial charge in [0.1, 0.15) is 5.82 Å². The Hall–Kier alpha value is -2.13. The maximum Gasteiger partial charge on any atom is 0.330 e. The van der Waals surface area contributed by atoms with Crippen molar-refractivity contribution in [2.75, 3.05) is 44.0 Å². The number of piperidine rings is 1. The van der Waals surface area contributed by atoms with Crippen LogP contribution in [-0.4, -0.2) is 59.8 Å². The predicted octanol–water partition coefficient (Wildman–Crippen LogP) is 0.773. The number of unbranched alkanes of at least 4 members (excludes halogenated alkanes) is 1. The molecule has 158 valence electrons. The van der Waals surface area contributed by atoms with E-state index in [0.29, 0.717) is 12.6 Å². The van der Waals surface area contributed by atoms with Crippen molar-refractivity contribution >= 4 is 17.4 Å². The zero-order valence-electron chi connectivity index (χ0n) is 17.2. The van der Waals surface area contributed by atoms with Crippen molar-refractivity contribution in [1.29, 1.82) is 0 Å². The Morgan fingerprint density at radius 3 is 2.75 bits per heavy atom. The number of H-pyrrole nitrogens is 1. The number of methoxy groups -OCH3 is 1. The Labute approximate surface area is 165 Å². The molecule has 0 bridgehead atoms. The summed E-state index contributed by atoms with van der Waals surface area (Å²) in [6.45, 7) is 6.01. The molecule has 1 saturated heterocycles. The van der Waals surface area contributed by atoms with E-state index in [1.807, 2.05) is 6.92 Å². The van der Waals surface area contributed by atoms with E-state index < -0.39 is 11.2 Å². The fourth-order valence-corrected chi connectivity index (χ4v) is 3.57. The monoisotopic (exact) mass is 395 g/mol. The molecule has 1 aromatic rings. The van der Waals surface area contributed by atoms with Gasteiger partial charge in [0.2, 0.25) is 5.91 Å². The topological polar surface area (TPSA) is 114 Å². The van der Waals surface area contributed by atoms with Crippen molar-refractivity contribution in [1.82, 2.24) is 14.5 Å². The number of hydrogen-bond acceptors (Lipinski definition) is 6. The number of nitrogens with zero attached hydrogens (tertiary/aromatic N) is 3. The van der Waals surface area contributed by atoms with E-state index in [9.17, 15) is 14.4 Å².